The maximum atomic E-state index is 6.03. The van der Waals surface area contributed by atoms with Crippen molar-refractivity contribution in [2.75, 3.05) is 26.2 Å². The Labute approximate surface area is 121 Å². The first-order valence-corrected chi connectivity index (χ1v) is 7.67. The molecule has 2 rings (SSSR count). The van der Waals surface area contributed by atoms with Crippen LogP contribution in [-0.4, -0.2) is 40.6 Å². The van der Waals surface area contributed by atoms with Crippen LogP contribution in [0.5, 0.6) is 0 Å². The van der Waals surface area contributed by atoms with Gasteiger partial charge in [0.2, 0.25) is 0 Å². The van der Waals surface area contributed by atoms with Gasteiger partial charge in [-0.05, 0) is 44.8 Å². The van der Waals surface area contributed by atoms with Crippen molar-refractivity contribution < 1.29 is 0 Å². The standard InChI is InChI=1S/C14H25ClN4/c1-3-6-16-8-12-5-4-7-19(10-12)11-14-17-9-13(15)18(14)2/h9,12,16H,3-8,10-11H2,1-2H3. The Morgan fingerprint density at radius 3 is 3.05 bits per heavy atom. The van der Waals surface area contributed by atoms with Crippen LogP contribution in [0.1, 0.15) is 32.0 Å². The highest BCUT2D eigenvalue weighted by Crippen LogP contribution is 2.18. The Morgan fingerprint density at radius 2 is 2.37 bits per heavy atom. The molecule has 1 aromatic heterocycles. The molecule has 0 aromatic carbocycles. The summed E-state index contributed by atoms with van der Waals surface area (Å²) in [5.74, 6) is 1.84. The fourth-order valence-corrected chi connectivity index (χ4v) is 2.86. The Balaban J connectivity index is 1.82. The molecule has 1 aliphatic rings. The molecule has 0 amide bonds. The maximum absolute atomic E-state index is 6.03. The second-order valence-corrected chi connectivity index (χ2v) is 5.89. The molecule has 1 aliphatic heterocycles. The number of hydrogen-bond donors (Lipinski definition) is 1. The summed E-state index contributed by atoms with van der Waals surface area (Å²) in [6, 6.07) is 0. The van der Waals surface area contributed by atoms with Crippen molar-refractivity contribution in [3.8, 4) is 0 Å². The lowest BCUT2D eigenvalue weighted by Gasteiger charge is -2.32. The average molecular weight is 285 g/mol. The lowest BCUT2D eigenvalue weighted by Crippen LogP contribution is -2.39. The molecule has 0 bridgehead atoms. The van der Waals surface area contributed by atoms with Gasteiger partial charge in [-0.1, -0.05) is 18.5 Å². The Bertz CT molecular complexity index is 391. The number of halogens is 1. The number of hydrogen-bond acceptors (Lipinski definition) is 3. The highest BCUT2D eigenvalue weighted by Gasteiger charge is 2.20. The molecular formula is C14H25ClN4. The van der Waals surface area contributed by atoms with Gasteiger partial charge in [0.25, 0.3) is 0 Å². The lowest BCUT2D eigenvalue weighted by molar-refractivity contribution is 0.161. The van der Waals surface area contributed by atoms with Gasteiger partial charge in [0.05, 0.1) is 12.7 Å². The normalized spacial score (nSPS) is 20.9. The lowest BCUT2D eigenvalue weighted by atomic mass is 9.98. The Kier molecular flexibility index (Phi) is 5.67. The van der Waals surface area contributed by atoms with Crippen LogP contribution in [0.2, 0.25) is 5.15 Å². The van der Waals surface area contributed by atoms with E-state index in [-0.39, 0.29) is 0 Å². The van der Waals surface area contributed by atoms with E-state index in [0.29, 0.717) is 5.15 Å². The van der Waals surface area contributed by atoms with E-state index < -0.39 is 0 Å². The molecule has 0 saturated carbocycles. The minimum Gasteiger partial charge on any atom is -0.321 e. The molecule has 1 aromatic rings. The third-order valence-corrected chi connectivity index (χ3v) is 4.21. The van der Waals surface area contributed by atoms with Crippen LogP contribution in [-0.2, 0) is 13.6 Å². The molecule has 1 fully saturated rings. The van der Waals surface area contributed by atoms with Gasteiger partial charge in [-0.25, -0.2) is 4.98 Å². The number of likely N-dealkylation sites (tertiary alicyclic amines) is 1. The fourth-order valence-electron chi connectivity index (χ4n) is 2.72. The number of nitrogens with one attached hydrogen (secondary N) is 1. The molecule has 5 heteroatoms. The molecule has 108 valence electrons. The van der Waals surface area contributed by atoms with Crippen molar-refractivity contribution in [3.63, 3.8) is 0 Å². The summed E-state index contributed by atoms with van der Waals surface area (Å²) in [6.07, 6.45) is 5.58. The summed E-state index contributed by atoms with van der Waals surface area (Å²) in [4.78, 5) is 6.88. The van der Waals surface area contributed by atoms with Crippen LogP contribution in [0.4, 0.5) is 0 Å². The van der Waals surface area contributed by atoms with E-state index in [1.807, 2.05) is 11.6 Å². The third kappa shape index (κ3) is 4.20. The molecule has 1 saturated heterocycles. The molecule has 19 heavy (non-hydrogen) atoms. The first-order chi connectivity index (χ1) is 9.20. The number of rotatable bonds is 6. The van der Waals surface area contributed by atoms with Gasteiger partial charge >= 0.3 is 0 Å². The zero-order valence-corrected chi connectivity index (χ0v) is 12.8. The van der Waals surface area contributed by atoms with Gasteiger partial charge in [0, 0.05) is 13.6 Å². The van der Waals surface area contributed by atoms with Gasteiger partial charge in [-0.3, -0.25) is 4.90 Å². The summed E-state index contributed by atoms with van der Waals surface area (Å²) in [5, 5.41) is 4.25. The first kappa shape index (κ1) is 14.8. The minimum absolute atomic E-state index is 0.716. The fraction of sp³-hybridized carbons (Fsp3) is 0.786. The van der Waals surface area contributed by atoms with E-state index in [2.05, 4.69) is 22.1 Å². The summed E-state index contributed by atoms with van der Waals surface area (Å²) in [7, 11) is 1.98. The number of nitrogens with zero attached hydrogens (tertiary/aromatic N) is 3. The number of aromatic nitrogens is 2. The van der Waals surface area contributed by atoms with Gasteiger partial charge in [-0.15, -0.1) is 0 Å². The van der Waals surface area contributed by atoms with Crippen molar-refractivity contribution >= 4 is 11.6 Å². The zero-order chi connectivity index (χ0) is 13.7. The van der Waals surface area contributed by atoms with Crippen LogP contribution < -0.4 is 5.32 Å². The van der Waals surface area contributed by atoms with E-state index in [1.165, 1.54) is 32.4 Å². The Hall–Kier alpha value is -0.580. The molecule has 0 spiro atoms. The maximum Gasteiger partial charge on any atom is 0.128 e. The van der Waals surface area contributed by atoms with Crippen molar-refractivity contribution in [2.45, 2.75) is 32.7 Å². The number of imidazole rings is 1. The highest BCUT2D eigenvalue weighted by atomic mass is 35.5. The van der Waals surface area contributed by atoms with Crippen LogP contribution in [0.15, 0.2) is 6.20 Å². The second-order valence-electron chi connectivity index (χ2n) is 5.50. The molecule has 1 unspecified atom stereocenters. The predicted molar refractivity (Wildman–Crippen MR) is 79.4 cm³/mol. The summed E-state index contributed by atoms with van der Waals surface area (Å²) in [5.41, 5.74) is 0. The summed E-state index contributed by atoms with van der Waals surface area (Å²) < 4.78 is 1.97. The number of piperidine rings is 1. The minimum atomic E-state index is 0.716. The van der Waals surface area contributed by atoms with Crippen molar-refractivity contribution in [1.82, 2.24) is 19.8 Å². The molecule has 2 heterocycles. The van der Waals surface area contributed by atoms with E-state index in [4.69, 9.17) is 11.6 Å². The molecule has 4 nitrogen and oxygen atoms in total. The smallest absolute Gasteiger partial charge is 0.128 e. The molecular weight excluding hydrogens is 260 g/mol. The average Bonchev–Trinajstić information content (AvgIpc) is 2.72. The quantitative estimate of drug-likeness (QED) is 0.814. The van der Waals surface area contributed by atoms with E-state index in [1.54, 1.807) is 6.20 Å². The monoisotopic (exact) mass is 284 g/mol. The largest absolute Gasteiger partial charge is 0.321 e. The molecule has 1 atom stereocenters. The zero-order valence-electron chi connectivity index (χ0n) is 12.0. The van der Waals surface area contributed by atoms with Gasteiger partial charge in [0.1, 0.15) is 11.0 Å². The van der Waals surface area contributed by atoms with E-state index in [9.17, 15) is 0 Å². The summed E-state index contributed by atoms with van der Waals surface area (Å²) >= 11 is 6.03. The highest BCUT2D eigenvalue weighted by molar-refractivity contribution is 6.29. The van der Waals surface area contributed by atoms with Crippen molar-refractivity contribution in [2.24, 2.45) is 13.0 Å². The molecule has 0 radical (unpaired) electrons. The van der Waals surface area contributed by atoms with Gasteiger partial charge in [-0.2, -0.15) is 0 Å². The van der Waals surface area contributed by atoms with Crippen molar-refractivity contribution in [3.05, 3.63) is 17.2 Å². The first-order valence-electron chi connectivity index (χ1n) is 7.30. The van der Waals surface area contributed by atoms with Crippen molar-refractivity contribution in [1.29, 1.82) is 0 Å². The third-order valence-electron chi connectivity index (χ3n) is 3.86. The van der Waals surface area contributed by atoms with Crippen LogP contribution in [0.25, 0.3) is 0 Å². The van der Waals surface area contributed by atoms with E-state index >= 15 is 0 Å². The van der Waals surface area contributed by atoms with Crippen LogP contribution in [0, 0.1) is 5.92 Å². The molecule has 0 aliphatic carbocycles. The molecule has 1 N–H and O–H groups in total. The topological polar surface area (TPSA) is 33.1 Å². The Morgan fingerprint density at radius 1 is 1.53 bits per heavy atom. The van der Waals surface area contributed by atoms with Gasteiger partial charge < -0.3 is 9.88 Å². The predicted octanol–water partition coefficient (Wildman–Crippen LogP) is 2.29. The van der Waals surface area contributed by atoms with Gasteiger partial charge in [0.15, 0.2) is 0 Å². The van der Waals surface area contributed by atoms with Crippen LogP contribution in [0.3, 0.4) is 0 Å². The summed E-state index contributed by atoms with van der Waals surface area (Å²) in [6.45, 7) is 7.74. The second kappa shape index (κ2) is 7.27. The van der Waals surface area contributed by atoms with Crippen LogP contribution >= 0.6 is 11.6 Å². The van der Waals surface area contributed by atoms with E-state index in [0.717, 1.165) is 31.4 Å². The SMILES string of the molecule is CCCNCC1CCCN(Cc2ncc(Cl)n2C)C1.